The molecule has 1 saturated heterocycles. The Balaban J connectivity index is 2.10. The van der Waals surface area contributed by atoms with Crippen LogP contribution >= 0.6 is 11.8 Å². The summed E-state index contributed by atoms with van der Waals surface area (Å²) in [6.45, 7) is 3.60. The Morgan fingerprint density at radius 1 is 1.50 bits per heavy atom. The van der Waals surface area contributed by atoms with Gasteiger partial charge in [0, 0.05) is 30.6 Å². The standard InChI is InChI=1S/C12H22N2OS/c1-10-8-16-7-6-14(10)11(15)12(9-13)4-2-3-5-12/h10H,2-9,13H2,1H3. The maximum atomic E-state index is 12.6. The maximum absolute atomic E-state index is 12.6. The van der Waals surface area contributed by atoms with Gasteiger partial charge in [0.2, 0.25) is 5.91 Å². The number of nitrogens with zero attached hydrogens (tertiary/aromatic N) is 1. The highest BCUT2D eigenvalue weighted by atomic mass is 32.2. The molecule has 0 aromatic rings. The normalized spacial score (nSPS) is 29.4. The third-order valence-electron chi connectivity index (χ3n) is 4.03. The van der Waals surface area contributed by atoms with Crippen molar-refractivity contribution in [2.45, 2.75) is 38.6 Å². The number of thioether (sulfide) groups is 1. The average Bonchev–Trinajstić information content (AvgIpc) is 2.78. The van der Waals surface area contributed by atoms with E-state index < -0.39 is 0 Å². The summed E-state index contributed by atoms with van der Waals surface area (Å²) in [5.41, 5.74) is 5.66. The molecule has 1 heterocycles. The van der Waals surface area contributed by atoms with E-state index in [-0.39, 0.29) is 5.41 Å². The van der Waals surface area contributed by atoms with Gasteiger partial charge in [0.15, 0.2) is 0 Å². The molecule has 4 heteroatoms. The summed E-state index contributed by atoms with van der Waals surface area (Å²) in [4.78, 5) is 14.7. The largest absolute Gasteiger partial charge is 0.338 e. The molecule has 0 bridgehead atoms. The molecule has 2 N–H and O–H groups in total. The molecular formula is C12H22N2OS. The first-order valence-corrected chi connectivity index (χ1v) is 7.44. The zero-order valence-electron chi connectivity index (χ0n) is 10.1. The van der Waals surface area contributed by atoms with E-state index in [4.69, 9.17) is 5.73 Å². The van der Waals surface area contributed by atoms with Gasteiger partial charge in [0.25, 0.3) is 0 Å². The zero-order valence-corrected chi connectivity index (χ0v) is 10.9. The summed E-state index contributed by atoms with van der Waals surface area (Å²) >= 11 is 1.95. The smallest absolute Gasteiger partial charge is 0.230 e. The predicted octanol–water partition coefficient (Wildman–Crippen LogP) is 1.47. The summed E-state index contributed by atoms with van der Waals surface area (Å²) < 4.78 is 0. The van der Waals surface area contributed by atoms with E-state index in [0.717, 1.165) is 30.9 Å². The molecule has 1 aliphatic heterocycles. The summed E-state index contributed by atoms with van der Waals surface area (Å²) in [6, 6.07) is 0.385. The molecule has 2 rings (SSSR count). The zero-order chi connectivity index (χ0) is 11.6. The van der Waals surface area contributed by atoms with Crippen LogP contribution in [0.25, 0.3) is 0 Å². The third-order valence-corrected chi connectivity index (χ3v) is 5.22. The van der Waals surface area contributed by atoms with Crippen LogP contribution in [0.1, 0.15) is 32.6 Å². The van der Waals surface area contributed by atoms with Crippen molar-refractivity contribution in [1.29, 1.82) is 0 Å². The highest BCUT2D eigenvalue weighted by Gasteiger charge is 2.43. The van der Waals surface area contributed by atoms with Gasteiger partial charge in [-0.2, -0.15) is 11.8 Å². The van der Waals surface area contributed by atoms with Gasteiger partial charge >= 0.3 is 0 Å². The molecule has 92 valence electrons. The van der Waals surface area contributed by atoms with Gasteiger partial charge in [-0.1, -0.05) is 12.8 Å². The molecule has 0 radical (unpaired) electrons. The molecule has 3 nitrogen and oxygen atoms in total. The fourth-order valence-electron chi connectivity index (χ4n) is 2.89. The molecule has 2 fully saturated rings. The van der Waals surface area contributed by atoms with E-state index in [0.29, 0.717) is 18.5 Å². The Labute approximate surface area is 102 Å². The van der Waals surface area contributed by atoms with Crippen LogP contribution in [-0.4, -0.2) is 41.4 Å². The van der Waals surface area contributed by atoms with Crippen LogP contribution < -0.4 is 5.73 Å². The van der Waals surface area contributed by atoms with Crippen LogP contribution in [0, 0.1) is 5.41 Å². The summed E-state index contributed by atoms with van der Waals surface area (Å²) in [5.74, 6) is 2.49. The number of carbonyl (C=O) groups excluding carboxylic acids is 1. The first kappa shape index (κ1) is 12.2. The van der Waals surface area contributed by atoms with Crippen LogP contribution in [-0.2, 0) is 4.79 Å². The molecular weight excluding hydrogens is 220 g/mol. The first-order valence-electron chi connectivity index (χ1n) is 6.28. The molecule has 1 saturated carbocycles. The fourth-order valence-corrected chi connectivity index (χ4v) is 3.90. The van der Waals surface area contributed by atoms with E-state index in [1.54, 1.807) is 0 Å². The Morgan fingerprint density at radius 3 is 2.75 bits per heavy atom. The topological polar surface area (TPSA) is 46.3 Å². The van der Waals surface area contributed by atoms with Crippen LogP contribution in [0.5, 0.6) is 0 Å². The number of carbonyl (C=O) groups is 1. The summed E-state index contributed by atoms with van der Waals surface area (Å²) in [5, 5.41) is 0. The number of hydrogen-bond donors (Lipinski definition) is 1. The molecule has 1 atom stereocenters. The van der Waals surface area contributed by atoms with Crippen LogP contribution in [0.15, 0.2) is 0 Å². The van der Waals surface area contributed by atoms with Gasteiger partial charge in [0.1, 0.15) is 0 Å². The van der Waals surface area contributed by atoms with Crippen molar-refractivity contribution in [3.05, 3.63) is 0 Å². The minimum Gasteiger partial charge on any atom is -0.338 e. The van der Waals surface area contributed by atoms with Crippen molar-refractivity contribution < 1.29 is 4.79 Å². The highest BCUT2D eigenvalue weighted by molar-refractivity contribution is 7.99. The van der Waals surface area contributed by atoms with Gasteiger partial charge in [-0.05, 0) is 19.8 Å². The van der Waals surface area contributed by atoms with Crippen molar-refractivity contribution >= 4 is 17.7 Å². The van der Waals surface area contributed by atoms with Crippen molar-refractivity contribution in [2.24, 2.45) is 11.1 Å². The van der Waals surface area contributed by atoms with E-state index in [1.807, 2.05) is 11.8 Å². The lowest BCUT2D eigenvalue weighted by molar-refractivity contribution is -0.143. The molecule has 0 aromatic carbocycles. The van der Waals surface area contributed by atoms with Crippen LogP contribution in [0.4, 0.5) is 0 Å². The summed E-state index contributed by atoms with van der Waals surface area (Å²) in [6.07, 6.45) is 4.33. The summed E-state index contributed by atoms with van der Waals surface area (Å²) in [7, 11) is 0. The first-order chi connectivity index (χ1) is 7.69. The molecule has 1 amide bonds. The van der Waals surface area contributed by atoms with Crippen molar-refractivity contribution in [1.82, 2.24) is 4.90 Å². The second kappa shape index (κ2) is 4.96. The van der Waals surface area contributed by atoms with Gasteiger partial charge in [0.05, 0.1) is 5.41 Å². The molecule has 0 spiro atoms. The Morgan fingerprint density at radius 2 is 2.19 bits per heavy atom. The average molecular weight is 242 g/mol. The third kappa shape index (κ3) is 2.09. The van der Waals surface area contributed by atoms with E-state index >= 15 is 0 Å². The van der Waals surface area contributed by atoms with Gasteiger partial charge in [-0.25, -0.2) is 0 Å². The van der Waals surface area contributed by atoms with Crippen molar-refractivity contribution in [3.8, 4) is 0 Å². The molecule has 1 aliphatic carbocycles. The van der Waals surface area contributed by atoms with Gasteiger partial charge in [-0.15, -0.1) is 0 Å². The van der Waals surface area contributed by atoms with Gasteiger partial charge < -0.3 is 10.6 Å². The van der Waals surface area contributed by atoms with Crippen molar-refractivity contribution in [3.63, 3.8) is 0 Å². The van der Waals surface area contributed by atoms with Gasteiger partial charge in [-0.3, -0.25) is 4.79 Å². The van der Waals surface area contributed by atoms with E-state index in [1.165, 1.54) is 12.8 Å². The Bertz CT molecular complexity index is 264. The number of rotatable bonds is 2. The van der Waals surface area contributed by atoms with Crippen molar-refractivity contribution in [2.75, 3.05) is 24.6 Å². The number of hydrogen-bond acceptors (Lipinski definition) is 3. The molecule has 0 aromatic heterocycles. The SMILES string of the molecule is CC1CSCCN1C(=O)C1(CN)CCCC1. The lowest BCUT2D eigenvalue weighted by Crippen LogP contribution is -2.52. The lowest BCUT2D eigenvalue weighted by Gasteiger charge is -2.39. The van der Waals surface area contributed by atoms with E-state index in [2.05, 4.69) is 11.8 Å². The molecule has 1 unspecified atom stereocenters. The minimum atomic E-state index is -0.212. The highest BCUT2D eigenvalue weighted by Crippen LogP contribution is 2.39. The Hall–Kier alpha value is -0.220. The second-order valence-corrected chi connectivity index (χ2v) is 6.26. The van der Waals surface area contributed by atoms with Crippen LogP contribution in [0.2, 0.25) is 0 Å². The molecule has 16 heavy (non-hydrogen) atoms. The lowest BCUT2D eigenvalue weighted by atomic mass is 9.84. The monoisotopic (exact) mass is 242 g/mol. The van der Waals surface area contributed by atoms with E-state index in [9.17, 15) is 4.79 Å². The molecule has 2 aliphatic rings. The quantitative estimate of drug-likeness (QED) is 0.797. The number of nitrogens with two attached hydrogens (primary N) is 1. The number of amides is 1. The fraction of sp³-hybridized carbons (Fsp3) is 0.917. The second-order valence-electron chi connectivity index (χ2n) is 5.11. The van der Waals surface area contributed by atoms with Crippen LogP contribution in [0.3, 0.4) is 0 Å². The minimum absolute atomic E-state index is 0.212. The maximum Gasteiger partial charge on any atom is 0.230 e. The Kier molecular flexibility index (Phi) is 3.80. The predicted molar refractivity (Wildman–Crippen MR) is 68.5 cm³/mol.